The van der Waals surface area contributed by atoms with Crippen LogP contribution in [0.2, 0.25) is 0 Å². The second-order valence-electron chi connectivity index (χ2n) is 3.30. The first-order valence-corrected chi connectivity index (χ1v) is 6.58. The van der Waals surface area contributed by atoms with Gasteiger partial charge in [0.25, 0.3) is 10.0 Å². The molecule has 2 aromatic heterocycles. The van der Waals surface area contributed by atoms with Crippen LogP contribution in [0.4, 0.5) is 10.7 Å². The van der Waals surface area contributed by atoms with E-state index in [1.165, 1.54) is 30.7 Å². The molecule has 2 aromatic rings. The Morgan fingerprint density at radius 1 is 1.00 bits per heavy atom. The molecule has 2 N–H and O–H groups in total. The first kappa shape index (κ1) is 16.5. The van der Waals surface area contributed by atoms with E-state index in [1.54, 1.807) is 16.9 Å². The number of hydrogen-bond acceptors (Lipinski definition) is 6. The van der Waals surface area contributed by atoms with E-state index in [4.69, 9.17) is 0 Å². The molecule has 0 aromatic carbocycles. The Morgan fingerprint density at radius 3 is 2.25 bits per heavy atom. The summed E-state index contributed by atoms with van der Waals surface area (Å²) in [4.78, 5) is 22.6. The van der Waals surface area contributed by atoms with Crippen molar-refractivity contribution in [2.45, 2.75) is 5.03 Å². The summed E-state index contributed by atoms with van der Waals surface area (Å²) in [6, 6.07) is 4.94. The molecule has 0 unspecified atom stereocenters. The third-order valence-corrected chi connectivity index (χ3v) is 3.18. The zero-order chi connectivity index (χ0) is 13.7. The number of aromatic nitrogens is 3. The van der Waals surface area contributed by atoms with Crippen LogP contribution in [0.15, 0.2) is 47.9 Å². The first-order valence-electron chi connectivity index (χ1n) is 5.10. The second-order valence-corrected chi connectivity index (χ2v) is 4.93. The van der Waals surface area contributed by atoms with Crippen molar-refractivity contribution in [1.82, 2.24) is 19.7 Å². The fourth-order valence-electron chi connectivity index (χ4n) is 1.17. The van der Waals surface area contributed by atoms with E-state index < -0.39 is 16.1 Å². The number of sulfonamides is 1. The van der Waals surface area contributed by atoms with Crippen molar-refractivity contribution in [3.05, 3.63) is 42.9 Å². The van der Waals surface area contributed by atoms with Crippen LogP contribution in [0.25, 0.3) is 0 Å². The minimum absolute atomic E-state index is 0. The fraction of sp³-hybridized carbons (Fsp3) is 0. The fourth-order valence-corrected chi connectivity index (χ4v) is 2.03. The van der Waals surface area contributed by atoms with E-state index in [0.29, 0.717) is 0 Å². The predicted molar refractivity (Wildman–Crippen MR) is 72.8 cm³/mol. The maximum atomic E-state index is 11.8. The normalized spacial score (nSPS) is 10.2. The van der Waals surface area contributed by atoms with Crippen molar-refractivity contribution in [2.24, 2.45) is 0 Å². The molecule has 0 aliphatic rings. The molecule has 0 radical (unpaired) electrons. The monoisotopic (exact) mass is 303 g/mol. The van der Waals surface area contributed by atoms with E-state index in [0.717, 1.165) is 0 Å². The molecule has 2 amide bonds. The Bertz CT molecular complexity index is 666. The van der Waals surface area contributed by atoms with E-state index >= 15 is 0 Å². The summed E-state index contributed by atoms with van der Waals surface area (Å²) >= 11 is 0. The van der Waals surface area contributed by atoms with Gasteiger partial charge in [-0.2, -0.15) is 8.42 Å². The Kier molecular flexibility index (Phi) is 6.02. The van der Waals surface area contributed by atoms with Gasteiger partial charge >= 0.3 is 35.6 Å². The number of amides is 2. The van der Waals surface area contributed by atoms with Crippen LogP contribution in [0, 0.1) is 0 Å². The molecule has 0 atom stereocenters. The molecule has 8 nitrogen and oxygen atoms in total. The molecule has 0 bridgehead atoms. The summed E-state index contributed by atoms with van der Waals surface area (Å²) < 4.78 is 25.3. The molecule has 0 saturated carbocycles. The van der Waals surface area contributed by atoms with Gasteiger partial charge in [-0.3, -0.25) is 5.32 Å². The van der Waals surface area contributed by atoms with E-state index in [9.17, 15) is 13.2 Å². The number of urea groups is 1. The van der Waals surface area contributed by atoms with Crippen molar-refractivity contribution in [1.29, 1.82) is 0 Å². The van der Waals surface area contributed by atoms with Crippen LogP contribution in [-0.4, -0.2) is 59.0 Å². The van der Waals surface area contributed by atoms with Gasteiger partial charge in [-0.05, 0) is 18.2 Å². The number of nitrogens with zero attached hydrogens (tertiary/aromatic N) is 3. The zero-order valence-corrected chi connectivity index (χ0v) is 10.3. The van der Waals surface area contributed by atoms with Crippen LogP contribution in [0.1, 0.15) is 0 Å². The maximum absolute atomic E-state index is 11.8. The number of carbonyl (C=O) groups is 1. The van der Waals surface area contributed by atoms with Crippen LogP contribution < -0.4 is 10.0 Å². The molecule has 2 rings (SSSR count). The molecule has 2 heterocycles. The molecular weight excluding hydrogens is 293 g/mol. The topological polar surface area (TPSA) is 114 Å². The van der Waals surface area contributed by atoms with Crippen molar-refractivity contribution >= 4 is 51.6 Å². The molecule has 0 fully saturated rings. The Hall–Kier alpha value is -1.55. The van der Waals surface area contributed by atoms with Gasteiger partial charge in [0.05, 0.1) is 0 Å². The Labute approximate surface area is 137 Å². The summed E-state index contributed by atoms with van der Waals surface area (Å²) in [7, 11) is -4.01. The van der Waals surface area contributed by atoms with Crippen LogP contribution in [0.3, 0.4) is 0 Å². The van der Waals surface area contributed by atoms with Crippen molar-refractivity contribution in [2.75, 3.05) is 5.32 Å². The minimum atomic E-state index is -4.01. The average Bonchev–Trinajstić information content (AvgIpc) is 2.40. The molecule has 0 spiro atoms. The Morgan fingerprint density at radius 2 is 1.65 bits per heavy atom. The number of anilines is 1. The molecular formula is C10H10N5NaO3S. The van der Waals surface area contributed by atoms with Gasteiger partial charge in [0.15, 0.2) is 5.03 Å². The van der Waals surface area contributed by atoms with Crippen LogP contribution >= 0.6 is 0 Å². The first-order chi connectivity index (χ1) is 9.08. The summed E-state index contributed by atoms with van der Waals surface area (Å²) in [5.41, 5.74) is 0. The van der Waals surface area contributed by atoms with E-state index in [-0.39, 0.29) is 40.5 Å². The number of hydrogen-bond donors (Lipinski definition) is 2. The number of rotatable bonds is 3. The number of nitrogens with one attached hydrogen (secondary N) is 2. The Balaban J connectivity index is 0.00000200. The molecule has 20 heavy (non-hydrogen) atoms. The molecule has 10 heteroatoms. The van der Waals surface area contributed by atoms with Crippen LogP contribution in [0.5, 0.6) is 0 Å². The van der Waals surface area contributed by atoms with Crippen LogP contribution in [-0.2, 0) is 10.0 Å². The van der Waals surface area contributed by atoms with Gasteiger partial charge in [-0.15, -0.1) is 0 Å². The van der Waals surface area contributed by atoms with Crippen molar-refractivity contribution < 1.29 is 13.2 Å². The van der Waals surface area contributed by atoms with Gasteiger partial charge in [-0.1, -0.05) is 6.07 Å². The number of carbonyl (C=O) groups excluding carboxylic acids is 1. The third-order valence-electron chi connectivity index (χ3n) is 1.93. The molecule has 0 aliphatic heterocycles. The van der Waals surface area contributed by atoms with E-state index in [2.05, 4.69) is 20.3 Å². The predicted octanol–water partition coefficient (Wildman–Crippen LogP) is -0.266. The quantitative estimate of drug-likeness (QED) is 0.755. The number of pyridine rings is 1. The molecule has 0 saturated heterocycles. The van der Waals surface area contributed by atoms with Gasteiger partial charge < -0.3 is 0 Å². The second kappa shape index (κ2) is 7.29. The summed E-state index contributed by atoms with van der Waals surface area (Å²) in [6.45, 7) is 0. The molecule has 0 aliphatic carbocycles. The van der Waals surface area contributed by atoms with Crippen molar-refractivity contribution in [3.8, 4) is 0 Å². The summed E-state index contributed by atoms with van der Waals surface area (Å²) in [5, 5.41) is 1.94. The zero-order valence-electron chi connectivity index (χ0n) is 9.52. The van der Waals surface area contributed by atoms with Crippen molar-refractivity contribution in [3.63, 3.8) is 0 Å². The van der Waals surface area contributed by atoms with Gasteiger partial charge in [0, 0.05) is 18.6 Å². The standard InChI is InChI=1S/C10H9N5O3S.Na.H/c16-10(14-9-12-6-3-7-13-9)15-19(17,18)8-4-1-2-5-11-8;;/h1-7H,(H2,12,13,14,15,16);;. The third kappa shape index (κ3) is 4.53. The summed E-state index contributed by atoms with van der Waals surface area (Å²) in [6.07, 6.45) is 4.14. The van der Waals surface area contributed by atoms with Gasteiger partial charge in [0.1, 0.15) is 0 Å². The van der Waals surface area contributed by atoms with Gasteiger partial charge in [-0.25, -0.2) is 24.5 Å². The molecule has 100 valence electrons. The summed E-state index contributed by atoms with van der Waals surface area (Å²) in [5.74, 6) is -0.00350. The van der Waals surface area contributed by atoms with E-state index in [1.807, 2.05) is 0 Å². The average molecular weight is 303 g/mol. The van der Waals surface area contributed by atoms with Gasteiger partial charge in [0.2, 0.25) is 5.95 Å². The SMILES string of the molecule is O=C(Nc1ncccn1)NS(=O)(=O)c1ccccn1.[NaH].